The zero-order valence-electron chi connectivity index (χ0n) is 29.3. The van der Waals surface area contributed by atoms with E-state index in [0.717, 1.165) is 24.0 Å². The van der Waals surface area contributed by atoms with Crippen LogP contribution in [0.4, 0.5) is 15.3 Å². The van der Waals surface area contributed by atoms with Gasteiger partial charge in [-0.05, 0) is 76.5 Å². The molecule has 0 bridgehead atoms. The second-order valence-corrected chi connectivity index (χ2v) is 17.3. The molecule has 1 aromatic rings. The van der Waals surface area contributed by atoms with E-state index < -0.39 is 80.4 Å². The van der Waals surface area contributed by atoms with E-state index in [0.29, 0.717) is 31.4 Å². The fourth-order valence-electron chi connectivity index (χ4n) is 7.09. The lowest BCUT2D eigenvalue weighted by Crippen LogP contribution is -2.58. The molecule has 0 aromatic heterocycles. The van der Waals surface area contributed by atoms with E-state index in [9.17, 15) is 32.4 Å². The smallest absolute Gasteiger partial charge is 0.410 e. The van der Waals surface area contributed by atoms with E-state index in [1.165, 1.54) is 9.80 Å². The zero-order valence-corrected chi connectivity index (χ0v) is 30.1. The summed E-state index contributed by atoms with van der Waals surface area (Å²) in [7, 11) is -3.90. The van der Waals surface area contributed by atoms with E-state index in [2.05, 4.69) is 15.4 Å². The Kier molecular flexibility index (Phi) is 10.0. The van der Waals surface area contributed by atoms with Crippen molar-refractivity contribution < 1.29 is 41.9 Å². The molecule has 5 amide bonds. The Hall–Kier alpha value is -4.34. The first-order valence-corrected chi connectivity index (χ1v) is 19.3. The Morgan fingerprint density at radius 1 is 1.06 bits per heavy atom. The fraction of sp³-hybridized carbons (Fsp3) is 0.629. The Labute approximate surface area is 298 Å². The normalized spacial score (nSPS) is 28.9. The average molecular weight is 729 g/mol. The number of hydrogen-bond donors (Lipinski definition) is 4. The summed E-state index contributed by atoms with van der Waals surface area (Å²) in [5, 5.41) is 4.85. The molecule has 5 atom stereocenters. The number of sulfonamides is 1. The number of anilines is 1. The number of nitrogens with two attached hydrogens (primary N) is 1. The van der Waals surface area contributed by atoms with Crippen molar-refractivity contribution in [3.8, 4) is 0 Å². The highest BCUT2D eigenvalue weighted by Crippen LogP contribution is 2.46. The number of alkyl carbamates (subject to hydrolysis) is 1. The van der Waals surface area contributed by atoms with Gasteiger partial charge in [-0.15, -0.1) is 0 Å². The molecule has 0 spiro atoms. The van der Waals surface area contributed by atoms with Crippen LogP contribution in [0.1, 0.15) is 89.7 Å². The molecule has 3 aliphatic heterocycles. The van der Waals surface area contributed by atoms with Crippen molar-refractivity contribution in [2.75, 3.05) is 12.3 Å². The number of carbonyl (C=O) groups is 5. The molecule has 51 heavy (non-hydrogen) atoms. The maximum absolute atomic E-state index is 14.3. The van der Waals surface area contributed by atoms with Crippen molar-refractivity contribution in [3.05, 3.63) is 41.5 Å². The van der Waals surface area contributed by atoms with Gasteiger partial charge >= 0.3 is 12.2 Å². The van der Waals surface area contributed by atoms with Gasteiger partial charge in [-0.25, -0.2) is 18.0 Å². The molecule has 0 radical (unpaired) electrons. The van der Waals surface area contributed by atoms with E-state index >= 15 is 0 Å². The van der Waals surface area contributed by atoms with E-state index in [1.807, 2.05) is 24.3 Å². The van der Waals surface area contributed by atoms with Crippen LogP contribution in [0, 0.1) is 5.92 Å². The van der Waals surface area contributed by atoms with E-state index in [1.54, 1.807) is 26.8 Å². The second-order valence-electron chi connectivity index (χ2n) is 15.3. The van der Waals surface area contributed by atoms with Crippen LogP contribution in [0.15, 0.2) is 30.4 Å². The number of ether oxygens (including phenoxy) is 2. The topological polar surface area (TPSA) is 207 Å². The molecule has 6 rings (SSSR count). The molecular formula is C35H48N6O9S. The molecule has 1 saturated heterocycles. The van der Waals surface area contributed by atoms with Gasteiger partial charge < -0.3 is 30.7 Å². The van der Waals surface area contributed by atoms with Crippen LogP contribution in [0.25, 0.3) is 0 Å². The summed E-state index contributed by atoms with van der Waals surface area (Å²) in [6.07, 6.45) is 5.52. The highest BCUT2D eigenvalue weighted by Gasteiger charge is 2.62. The summed E-state index contributed by atoms with van der Waals surface area (Å²) >= 11 is 0. The number of benzene rings is 1. The summed E-state index contributed by atoms with van der Waals surface area (Å²) in [6, 6.07) is 3.22. The average Bonchev–Trinajstić information content (AvgIpc) is 3.93. The zero-order chi connectivity index (χ0) is 36.7. The van der Waals surface area contributed by atoms with Crippen LogP contribution < -0.4 is 21.1 Å². The van der Waals surface area contributed by atoms with Crippen LogP contribution >= 0.6 is 0 Å². The Morgan fingerprint density at radius 3 is 2.53 bits per heavy atom. The van der Waals surface area contributed by atoms with Gasteiger partial charge in [-0.3, -0.25) is 24.0 Å². The maximum atomic E-state index is 14.3. The summed E-state index contributed by atoms with van der Waals surface area (Å²) < 4.78 is 39.0. The summed E-state index contributed by atoms with van der Waals surface area (Å²) in [5.41, 5.74) is 6.06. The molecule has 2 aliphatic carbocycles. The highest BCUT2D eigenvalue weighted by atomic mass is 32.2. The monoisotopic (exact) mass is 728 g/mol. The lowest BCUT2D eigenvalue weighted by atomic mass is 10.0. The minimum absolute atomic E-state index is 0.0794. The lowest BCUT2D eigenvalue weighted by Gasteiger charge is -2.30. The highest BCUT2D eigenvalue weighted by molar-refractivity contribution is 7.91. The van der Waals surface area contributed by atoms with Gasteiger partial charge in [-0.2, -0.15) is 0 Å². The summed E-state index contributed by atoms with van der Waals surface area (Å²) in [6.45, 7) is 5.51. The van der Waals surface area contributed by atoms with Crippen molar-refractivity contribution in [3.63, 3.8) is 0 Å². The van der Waals surface area contributed by atoms with E-state index in [-0.39, 0.29) is 38.9 Å². The van der Waals surface area contributed by atoms with Crippen molar-refractivity contribution in [2.45, 2.75) is 126 Å². The first-order valence-electron chi connectivity index (χ1n) is 17.7. The number of nitrogen functional groups attached to an aromatic ring is 1. The van der Waals surface area contributed by atoms with Crippen LogP contribution in [0.5, 0.6) is 0 Å². The van der Waals surface area contributed by atoms with Crippen molar-refractivity contribution >= 4 is 45.6 Å². The number of rotatable bonds is 5. The number of nitrogens with one attached hydrogen (secondary N) is 3. The Morgan fingerprint density at radius 2 is 1.82 bits per heavy atom. The van der Waals surface area contributed by atoms with Crippen LogP contribution in [0.3, 0.4) is 0 Å². The standard InChI is InChI=1S/C35H48N6O9S/c1-34(2,3)50-32(45)37-27-13-8-6-4-5-7-11-22-17-35(22,31(44)39-51(47,48)24-14-15-24)38-29(42)28-16-23(19-41(28)30(27)43)49-33(46)40-18-21-10-9-12-26(36)25(21)20-40/h7,9-12,22-24,27-28H,4-6,8,13-20,36H2,1-3H3,(H,37,45)(H,38,42)(H,39,44)/b11-7-/t22-,23+,27-,28-,35+/m0/s1. The first kappa shape index (κ1) is 36.5. The van der Waals surface area contributed by atoms with Crippen molar-refractivity contribution in [1.29, 1.82) is 0 Å². The number of carbonyl (C=O) groups excluding carboxylic acids is 5. The van der Waals surface area contributed by atoms with Gasteiger partial charge in [0.15, 0.2) is 0 Å². The summed E-state index contributed by atoms with van der Waals surface area (Å²) in [4.78, 5) is 71.2. The number of allylic oxidation sites excluding steroid dienone is 1. The van der Waals surface area contributed by atoms with Crippen LogP contribution in [-0.4, -0.2) is 89.2 Å². The first-order chi connectivity index (χ1) is 24.1. The molecule has 0 unspecified atom stereocenters. The molecule has 2 saturated carbocycles. The lowest BCUT2D eigenvalue weighted by molar-refractivity contribution is -0.141. The largest absolute Gasteiger partial charge is 0.444 e. The molecule has 5 aliphatic rings. The number of fused-ring (bicyclic) bond motifs is 3. The van der Waals surface area contributed by atoms with E-state index in [4.69, 9.17) is 15.2 Å². The molecule has 15 nitrogen and oxygen atoms in total. The molecule has 3 heterocycles. The molecule has 1 aromatic carbocycles. The number of amides is 5. The minimum Gasteiger partial charge on any atom is -0.444 e. The van der Waals surface area contributed by atoms with Gasteiger partial charge in [-0.1, -0.05) is 37.1 Å². The number of nitrogens with zero attached hydrogens (tertiary/aromatic N) is 2. The number of hydrogen-bond acceptors (Lipinski definition) is 10. The van der Waals surface area contributed by atoms with Gasteiger partial charge in [0.1, 0.15) is 29.3 Å². The second kappa shape index (κ2) is 14.0. The molecule has 278 valence electrons. The molecule has 5 N–H and O–H groups in total. The molecular weight excluding hydrogens is 680 g/mol. The Balaban J connectivity index is 1.25. The molecule has 3 fully saturated rings. The third-order valence-electron chi connectivity index (χ3n) is 10.1. The third kappa shape index (κ3) is 8.26. The quantitative estimate of drug-likeness (QED) is 0.258. The SMILES string of the molecule is CC(C)(C)OC(=O)N[C@H]1CCCCC/C=C\[C@H]2C[C@@]2(C(=O)NS(=O)(=O)C2CC2)NC(=O)[C@@H]2C[C@@H](OC(=O)N3Cc4cccc(N)c4C3)CN2C1=O. The van der Waals surface area contributed by atoms with Crippen LogP contribution in [-0.2, 0) is 47.0 Å². The predicted molar refractivity (Wildman–Crippen MR) is 185 cm³/mol. The minimum atomic E-state index is -3.90. The van der Waals surface area contributed by atoms with Gasteiger partial charge in [0.05, 0.1) is 18.3 Å². The third-order valence-corrected chi connectivity index (χ3v) is 11.9. The summed E-state index contributed by atoms with van der Waals surface area (Å²) in [5.74, 6) is -2.52. The van der Waals surface area contributed by atoms with Gasteiger partial charge in [0, 0.05) is 24.6 Å². The predicted octanol–water partition coefficient (Wildman–Crippen LogP) is 2.59. The van der Waals surface area contributed by atoms with Gasteiger partial charge in [0.25, 0.3) is 5.91 Å². The fourth-order valence-corrected chi connectivity index (χ4v) is 8.46. The van der Waals surface area contributed by atoms with Crippen molar-refractivity contribution in [1.82, 2.24) is 25.2 Å². The van der Waals surface area contributed by atoms with Crippen LogP contribution in [0.2, 0.25) is 0 Å². The maximum Gasteiger partial charge on any atom is 0.410 e. The Bertz CT molecular complexity index is 1720. The molecule has 16 heteroatoms. The van der Waals surface area contributed by atoms with Crippen molar-refractivity contribution in [2.24, 2.45) is 5.92 Å². The van der Waals surface area contributed by atoms with Gasteiger partial charge in [0.2, 0.25) is 21.8 Å².